The fourth-order valence-corrected chi connectivity index (χ4v) is 13.6. The van der Waals surface area contributed by atoms with Gasteiger partial charge >= 0.3 is 23.9 Å². The number of Topliss-reactive ketones (excluding diaryl/α,β-unsaturated/α-hetero) is 4. The van der Waals surface area contributed by atoms with Crippen LogP contribution < -0.4 is 0 Å². The van der Waals surface area contributed by atoms with Gasteiger partial charge in [-0.3, -0.25) is 28.8 Å². The van der Waals surface area contributed by atoms with Gasteiger partial charge in [0, 0.05) is 37.2 Å². The molecule has 0 aromatic rings. The fraction of sp³-hybridized carbons (Fsp3) is 0.426. The molecule has 4 rings (SSSR count). The summed E-state index contributed by atoms with van der Waals surface area (Å²) in [6.45, 7) is 45.5. The highest BCUT2D eigenvalue weighted by Gasteiger charge is 2.42. The van der Waals surface area contributed by atoms with Gasteiger partial charge in [0.05, 0.1) is 12.0 Å². The standard InChI is InChI=1S/C47H65NO4.C47H58O8/c1-33(21-16-23-35(3)26-28-40-38(6)44(50)37(5)31-46(40,8)9)19-14-15-20-34(2)22-17-24-36(4)27-29-41-39(7)45(51)42(32-47(41,10)11)52-43(49)25-18-30-48(12)13;1-30(18-14-20-32(3)22-24-38-35(6)43(51)34(5)28-46(38,8)9)16-12-13-17-31(2)19-15-21-33(4)23-25-39-36(7)44(52)40(29-47(39,10)11)55-42(50)27-37(45(53)54)26-41(48)49/h14-17,19-24,26-29,37,42H,18,25,30-32H2,1-13H3;12-25,27,34,40H,26,28-29H2,1-11H3,(H,48,49)(H,53,54)/b15-14+,21-16+,22-17+,28-26+,29-27+,33-19+,34-20+,35-23+,36-24+;13-12+,18-14+,19-15+,24-22+,25-23+,30-16+,31-17+,32-20+,33-21+,37-27-. The summed E-state index contributed by atoms with van der Waals surface area (Å²) < 4.78 is 10.9. The summed E-state index contributed by atoms with van der Waals surface area (Å²) in [6.07, 6.45) is 58.3. The Bertz CT molecular complexity index is 4110. The van der Waals surface area contributed by atoms with Crippen molar-refractivity contribution in [2.24, 2.45) is 33.5 Å². The highest BCUT2D eigenvalue weighted by molar-refractivity contribution is 6.04. The van der Waals surface area contributed by atoms with Gasteiger partial charge in [0.2, 0.25) is 0 Å². The molecule has 0 bridgehead atoms. The van der Waals surface area contributed by atoms with E-state index in [-0.39, 0.29) is 63.6 Å². The SMILES string of the molecule is CC1=C(/C=C/C(C)=C/C=C/C(C)=C/C=C/C=C(C)/C=C/C=C(C)/C=C/C2=C(C)C(=O)C(OC(=O)/C=C(/CC(=O)O)C(=O)O)CC2(C)C)C(C)(C)CC(C)C1=O.CC1=C(/C=C/C(C)=C/C=C/C(C)=C/C=C/C=C(C)/C=C/C=C(C)/C=C/C2=C(C)C(=O)C(OC(=O)CCCN(C)C)CC2(C)C)C(C)(C)CC(C)C1=O. The zero-order valence-electron chi connectivity index (χ0n) is 68.6. The van der Waals surface area contributed by atoms with Crippen LogP contribution in [0.1, 0.15) is 197 Å². The third-order valence-electron chi connectivity index (χ3n) is 19.5. The Balaban J connectivity index is 0.000000556. The lowest BCUT2D eigenvalue weighted by Gasteiger charge is -2.36. The Morgan fingerprint density at radius 3 is 0.972 bits per heavy atom. The van der Waals surface area contributed by atoms with Crippen LogP contribution in [0.4, 0.5) is 0 Å². The first kappa shape index (κ1) is 91.7. The molecule has 0 radical (unpaired) electrons. The van der Waals surface area contributed by atoms with Crippen LogP contribution in [0.5, 0.6) is 0 Å². The molecule has 576 valence electrons. The summed E-state index contributed by atoms with van der Waals surface area (Å²) in [7, 11) is 3.94. The van der Waals surface area contributed by atoms with E-state index in [9.17, 15) is 43.5 Å². The molecule has 0 spiro atoms. The van der Waals surface area contributed by atoms with Gasteiger partial charge in [-0.15, -0.1) is 0 Å². The number of hydrogen-bond acceptors (Lipinski definition) is 11. The minimum absolute atomic E-state index is 0.00311. The average molecular weight is 1460 g/mol. The molecule has 0 saturated heterocycles. The van der Waals surface area contributed by atoms with Gasteiger partial charge in [0.15, 0.2) is 35.3 Å². The Morgan fingerprint density at radius 1 is 0.411 bits per heavy atom. The number of ether oxygens (including phenoxy) is 2. The Hall–Kier alpha value is -9.46. The molecule has 0 aliphatic heterocycles. The van der Waals surface area contributed by atoms with Crippen LogP contribution in [0.2, 0.25) is 0 Å². The number of carbonyl (C=O) groups excluding carboxylic acids is 6. The smallest absolute Gasteiger partial charge is 0.332 e. The van der Waals surface area contributed by atoms with Gasteiger partial charge in [-0.2, -0.15) is 0 Å². The second-order valence-corrected chi connectivity index (χ2v) is 31.9. The van der Waals surface area contributed by atoms with E-state index < -0.39 is 47.5 Å². The molecule has 4 aliphatic carbocycles. The van der Waals surface area contributed by atoms with E-state index >= 15 is 0 Å². The maximum atomic E-state index is 13.1. The number of rotatable bonds is 30. The molecule has 0 saturated carbocycles. The van der Waals surface area contributed by atoms with E-state index in [4.69, 9.17) is 14.6 Å². The molecule has 2 N–H and O–H groups in total. The number of allylic oxidation sites excluding steroid dienone is 42. The van der Waals surface area contributed by atoms with E-state index in [2.05, 4.69) is 148 Å². The summed E-state index contributed by atoms with van der Waals surface area (Å²) in [6, 6.07) is 0. The highest BCUT2D eigenvalue weighted by atomic mass is 16.6. The van der Waals surface area contributed by atoms with E-state index in [1.54, 1.807) is 6.92 Å². The van der Waals surface area contributed by atoms with Crippen molar-refractivity contribution in [3.05, 3.63) is 271 Å². The quantitative estimate of drug-likeness (QED) is 0.0391. The number of carbonyl (C=O) groups is 8. The summed E-state index contributed by atoms with van der Waals surface area (Å²) in [5, 5.41) is 18.1. The number of hydrogen-bond donors (Lipinski definition) is 2. The van der Waals surface area contributed by atoms with Crippen LogP contribution in [0.25, 0.3) is 0 Å². The third kappa shape index (κ3) is 31.1. The topological polar surface area (TPSA) is 199 Å². The molecule has 0 aromatic heterocycles. The minimum atomic E-state index is -1.55. The number of aliphatic carboxylic acids is 2. The number of carboxylic acids is 2. The lowest BCUT2D eigenvalue weighted by molar-refractivity contribution is -0.156. The maximum absolute atomic E-state index is 13.1. The van der Waals surface area contributed by atoms with Crippen LogP contribution >= 0.6 is 0 Å². The average Bonchev–Trinajstić information content (AvgIpc) is 0.796. The third-order valence-corrected chi connectivity index (χ3v) is 19.5. The molecule has 0 fully saturated rings. The van der Waals surface area contributed by atoms with Crippen LogP contribution in [0, 0.1) is 33.5 Å². The first-order valence-electron chi connectivity index (χ1n) is 37.2. The Morgan fingerprint density at radius 2 is 0.682 bits per heavy atom. The van der Waals surface area contributed by atoms with Crippen LogP contribution in [-0.4, -0.2) is 95.0 Å². The predicted octanol–water partition coefficient (Wildman–Crippen LogP) is 21.3. The van der Waals surface area contributed by atoms with E-state index in [0.29, 0.717) is 36.5 Å². The van der Waals surface area contributed by atoms with Crippen molar-refractivity contribution in [3.8, 4) is 0 Å². The van der Waals surface area contributed by atoms with Crippen LogP contribution in [-0.2, 0) is 47.8 Å². The van der Waals surface area contributed by atoms with Crippen molar-refractivity contribution >= 4 is 47.0 Å². The lowest BCUT2D eigenvalue weighted by atomic mass is 9.68. The second kappa shape index (κ2) is 42.8. The predicted molar refractivity (Wildman–Crippen MR) is 440 cm³/mol. The molecule has 4 unspecified atom stereocenters. The molecule has 0 amide bonds. The van der Waals surface area contributed by atoms with Gasteiger partial charge in [0.1, 0.15) is 0 Å². The molecule has 4 aliphatic rings. The van der Waals surface area contributed by atoms with Crippen molar-refractivity contribution in [2.45, 2.75) is 209 Å². The number of ketones is 4. The molecule has 4 atom stereocenters. The van der Waals surface area contributed by atoms with Crippen molar-refractivity contribution in [3.63, 3.8) is 0 Å². The number of esters is 2. The minimum Gasteiger partial charge on any atom is -0.481 e. The summed E-state index contributed by atoms with van der Waals surface area (Å²) >= 11 is 0. The van der Waals surface area contributed by atoms with Gasteiger partial charge in [0.25, 0.3) is 0 Å². The molecular weight excluding hydrogens is 1340 g/mol. The summed E-state index contributed by atoms with van der Waals surface area (Å²) in [5.41, 5.74) is 14.1. The van der Waals surface area contributed by atoms with Crippen LogP contribution in [0.3, 0.4) is 0 Å². The lowest BCUT2D eigenvalue weighted by Crippen LogP contribution is -2.39. The van der Waals surface area contributed by atoms with E-state index in [0.717, 1.165) is 97.4 Å². The molecule has 13 nitrogen and oxygen atoms in total. The van der Waals surface area contributed by atoms with Crippen molar-refractivity contribution in [2.75, 3.05) is 20.6 Å². The normalized spacial score (nSPS) is 22.3. The first-order valence-corrected chi connectivity index (χ1v) is 37.2. The molecule has 0 heterocycles. The Kier molecular flexibility index (Phi) is 36.7. The fourth-order valence-electron chi connectivity index (χ4n) is 13.6. The maximum Gasteiger partial charge on any atom is 0.332 e. The molecular formula is C94H123NO12. The zero-order valence-corrected chi connectivity index (χ0v) is 68.6. The van der Waals surface area contributed by atoms with Crippen molar-refractivity contribution < 1.29 is 58.0 Å². The number of carboxylic acid groups (broad SMARTS) is 2. The molecule has 107 heavy (non-hydrogen) atoms. The van der Waals surface area contributed by atoms with Crippen LogP contribution in [0.15, 0.2) is 271 Å². The van der Waals surface area contributed by atoms with Crippen molar-refractivity contribution in [1.82, 2.24) is 4.90 Å². The van der Waals surface area contributed by atoms with Gasteiger partial charge in [-0.25, -0.2) is 9.59 Å². The van der Waals surface area contributed by atoms with Gasteiger partial charge < -0.3 is 24.6 Å². The first-order chi connectivity index (χ1) is 49.8. The van der Waals surface area contributed by atoms with Gasteiger partial charge in [-0.1, -0.05) is 284 Å². The highest BCUT2D eigenvalue weighted by Crippen LogP contribution is 2.45. The van der Waals surface area contributed by atoms with E-state index in [1.165, 1.54) is 0 Å². The van der Waals surface area contributed by atoms with E-state index in [1.807, 2.05) is 186 Å². The monoisotopic (exact) mass is 1460 g/mol. The number of nitrogens with zero attached hydrogens (tertiary/aromatic N) is 1. The second-order valence-electron chi connectivity index (χ2n) is 31.9. The Labute approximate surface area is 641 Å². The largest absolute Gasteiger partial charge is 0.481 e. The summed E-state index contributed by atoms with van der Waals surface area (Å²) in [5.74, 6) is -4.15. The summed E-state index contributed by atoms with van der Waals surface area (Å²) in [4.78, 5) is 100. The molecule has 13 heteroatoms. The van der Waals surface area contributed by atoms with Crippen molar-refractivity contribution in [1.29, 1.82) is 0 Å². The van der Waals surface area contributed by atoms with Gasteiger partial charge in [-0.05, 0) is 189 Å². The zero-order chi connectivity index (χ0) is 80.9. The molecule has 0 aromatic carbocycles.